The lowest BCUT2D eigenvalue weighted by Gasteiger charge is -2.19. The molecule has 1 aromatic heterocycles. The summed E-state index contributed by atoms with van der Waals surface area (Å²) < 4.78 is 11.1. The fraction of sp³-hybridized carbons (Fsp3) is 0.647. The van der Waals surface area contributed by atoms with Crippen molar-refractivity contribution in [2.24, 2.45) is 5.92 Å². The topological polar surface area (TPSA) is 60.5 Å². The smallest absolute Gasteiger partial charge is 0.414 e. The van der Waals surface area contributed by atoms with E-state index in [0.29, 0.717) is 24.3 Å². The molecule has 0 radical (unpaired) electrons. The number of aromatic nitrogens is 1. The third kappa shape index (κ3) is 4.36. The average Bonchev–Trinajstić information content (AvgIpc) is 3.27. The highest BCUT2D eigenvalue weighted by atomic mass is 16.6. The van der Waals surface area contributed by atoms with Gasteiger partial charge in [0.25, 0.3) is 0 Å². The first kappa shape index (κ1) is 15.1. The number of hydrogen-bond acceptors (Lipinski definition) is 4. The molecule has 1 amide bonds. The Labute approximate surface area is 131 Å². The molecule has 1 heterocycles. The zero-order valence-electron chi connectivity index (χ0n) is 13.5. The molecule has 5 nitrogen and oxygen atoms in total. The maximum absolute atomic E-state index is 11.8. The van der Waals surface area contributed by atoms with Crippen molar-refractivity contribution < 1.29 is 14.3 Å². The third-order valence-electron chi connectivity index (χ3n) is 3.71. The molecule has 120 valence electrons. The molecule has 2 fully saturated rings. The maximum Gasteiger partial charge on any atom is 0.414 e. The Kier molecular flexibility index (Phi) is 3.98. The quantitative estimate of drug-likeness (QED) is 0.902. The summed E-state index contributed by atoms with van der Waals surface area (Å²) in [6, 6.07) is 3.73. The van der Waals surface area contributed by atoms with Gasteiger partial charge in [0.1, 0.15) is 0 Å². The molecule has 1 aromatic rings. The highest BCUT2D eigenvalue weighted by molar-refractivity contribution is 5.70. The lowest BCUT2D eigenvalue weighted by Crippen LogP contribution is -2.42. The normalized spacial score (nSPS) is 18.0. The number of carbonyl (C=O) groups excluding carboxylic acids is 1. The summed E-state index contributed by atoms with van der Waals surface area (Å²) in [6.07, 6.45) is 4.36. The van der Waals surface area contributed by atoms with Crippen LogP contribution in [-0.4, -0.2) is 23.2 Å². The lowest BCUT2D eigenvalue weighted by molar-refractivity contribution is 0.188. The van der Waals surface area contributed by atoms with E-state index in [1.165, 1.54) is 25.7 Å². The summed E-state index contributed by atoms with van der Waals surface area (Å²) in [5.74, 6) is 2.15. The predicted molar refractivity (Wildman–Crippen MR) is 83.3 cm³/mol. The highest BCUT2D eigenvalue weighted by Gasteiger charge is 2.29. The van der Waals surface area contributed by atoms with Gasteiger partial charge in [0, 0.05) is 17.2 Å². The monoisotopic (exact) mass is 304 g/mol. The number of amides is 1. The van der Waals surface area contributed by atoms with Crippen molar-refractivity contribution >= 4 is 6.09 Å². The average molecular weight is 304 g/mol. The SMILES string of the molecule is CC(C)(C)NC(=O)Oc1ccc(C2CC2)c(OCC2CC2)n1. The second-order valence-corrected chi connectivity index (χ2v) is 7.34. The minimum Gasteiger partial charge on any atom is -0.477 e. The van der Waals surface area contributed by atoms with E-state index in [9.17, 15) is 4.79 Å². The van der Waals surface area contributed by atoms with Gasteiger partial charge in [-0.05, 0) is 64.4 Å². The molecular weight excluding hydrogens is 280 g/mol. The summed E-state index contributed by atoms with van der Waals surface area (Å²) in [5.41, 5.74) is 0.806. The summed E-state index contributed by atoms with van der Waals surface area (Å²) in [4.78, 5) is 16.2. The zero-order chi connectivity index (χ0) is 15.7. The fourth-order valence-electron chi connectivity index (χ4n) is 2.22. The van der Waals surface area contributed by atoms with Gasteiger partial charge in [-0.3, -0.25) is 0 Å². The van der Waals surface area contributed by atoms with Crippen molar-refractivity contribution in [2.45, 2.75) is 57.9 Å². The lowest BCUT2D eigenvalue weighted by atomic mass is 10.1. The van der Waals surface area contributed by atoms with E-state index in [2.05, 4.69) is 10.3 Å². The van der Waals surface area contributed by atoms with Gasteiger partial charge in [0.2, 0.25) is 11.8 Å². The van der Waals surface area contributed by atoms with E-state index in [1.807, 2.05) is 26.8 Å². The number of carbonyl (C=O) groups is 1. The van der Waals surface area contributed by atoms with Crippen molar-refractivity contribution in [2.75, 3.05) is 6.61 Å². The number of hydrogen-bond donors (Lipinski definition) is 1. The van der Waals surface area contributed by atoms with E-state index < -0.39 is 6.09 Å². The summed E-state index contributed by atoms with van der Waals surface area (Å²) in [6.45, 7) is 6.43. The maximum atomic E-state index is 11.8. The number of nitrogens with one attached hydrogen (secondary N) is 1. The van der Waals surface area contributed by atoms with Gasteiger partial charge in [0.15, 0.2) is 0 Å². The van der Waals surface area contributed by atoms with Gasteiger partial charge >= 0.3 is 6.09 Å². The van der Waals surface area contributed by atoms with Gasteiger partial charge in [-0.15, -0.1) is 0 Å². The molecule has 0 saturated heterocycles. The first-order valence-electron chi connectivity index (χ1n) is 8.04. The van der Waals surface area contributed by atoms with Crippen LogP contribution in [-0.2, 0) is 0 Å². The first-order valence-corrected chi connectivity index (χ1v) is 8.04. The minimum absolute atomic E-state index is 0.289. The Morgan fingerprint density at radius 1 is 1.27 bits per heavy atom. The second kappa shape index (κ2) is 5.78. The van der Waals surface area contributed by atoms with Gasteiger partial charge in [-0.1, -0.05) is 0 Å². The molecule has 3 rings (SSSR count). The van der Waals surface area contributed by atoms with Crippen LogP contribution < -0.4 is 14.8 Å². The molecule has 2 saturated carbocycles. The van der Waals surface area contributed by atoms with Crippen molar-refractivity contribution in [3.63, 3.8) is 0 Å². The molecule has 2 aliphatic rings. The predicted octanol–water partition coefficient (Wildman–Crippen LogP) is 3.63. The summed E-state index contributed by atoms with van der Waals surface area (Å²) >= 11 is 0. The van der Waals surface area contributed by atoms with Gasteiger partial charge in [-0.25, -0.2) is 4.79 Å². The Hall–Kier alpha value is -1.78. The Balaban J connectivity index is 1.68. The summed E-state index contributed by atoms with van der Waals surface area (Å²) in [7, 11) is 0. The fourth-order valence-corrected chi connectivity index (χ4v) is 2.22. The Morgan fingerprint density at radius 2 is 2.00 bits per heavy atom. The van der Waals surface area contributed by atoms with Gasteiger partial charge in [-0.2, -0.15) is 4.98 Å². The molecule has 0 aromatic carbocycles. The molecule has 2 aliphatic carbocycles. The highest BCUT2D eigenvalue weighted by Crippen LogP contribution is 2.44. The Bertz CT molecular complexity index is 558. The van der Waals surface area contributed by atoms with Crippen molar-refractivity contribution in [1.82, 2.24) is 10.3 Å². The van der Waals surface area contributed by atoms with Crippen molar-refractivity contribution in [3.8, 4) is 11.8 Å². The molecular formula is C17H24N2O3. The molecule has 5 heteroatoms. The largest absolute Gasteiger partial charge is 0.477 e. The van der Waals surface area contributed by atoms with Crippen LogP contribution in [0.2, 0.25) is 0 Å². The number of rotatable bonds is 5. The standard InChI is InChI=1S/C17H24N2O3/c1-17(2,3)19-16(20)22-14-9-8-13(12-6-7-12)15(18-14)21-10-11-4-5-11/h8-9,11-12H,4-7,10H2,1-3H3,(H,19,20). The third-order valence-corrected chi connectivity index (χ3v) is 3.71. The number of nitrogens with zero attached hydrogens (tertiary/aromatic N) is 1. The van der Waals surface area contributed by atoms with Crippen LogP contribution in [0.4, 0.5) is 4.79 Å². The molecule has 0 bridgehead atoms. The van der Waals surface area contributed by atoms with Crippen LogP contribution in [0.3, 0.4) is 0 Å². The molecule has 0 atom stereocenters. The van der Waals surface area contributed by atoms with E-state index in [-0.39, 0.29) is 11.4 Å². The van der Waals surface area contributed by atoms with Crippen LogP contribution >= 0.6 is 0 Å². The van der Waals surface area contributed by atoms with Crippen LogP contribution in [0.15, 0.2) is 12.1 Å². The molecule has 0 spiro atoms. The van der Waals surface area contributed by atoms with E-state index in [4.69, 9.17) is 9.47 Å². The molecule has 0 unspecified atom stereocenters. The first-order chi connectivity index (χ1) is 10.4. The van der Waals surface area contributed by atoms with Crippen LogP contribution in [0.1, 0.15) is 57.9 Å². The van der Waals surface area contributed by atoms with E-state index >= 15 is 0 Å². The number of ether oxygens (including phenoxy) is 2. The van der Waals surface area contributed by atoms with E-state index in [1.54, 1.807) is 6.07 Å². The van der Waals surface area contributed by atoms with E-state index in [0.717, 1.165) is 5.56 Å². The molecule has 1 N–H and O–H groups in total. The van der Waals surface area contributed by atoms with Crippen molar-refractivity contribution in [1.29, 1.82) is 0 Å². The van der Waals surface area contributed by atoms with Crippen LogP contribution in [0.25, 0.3) is 0 Å². The summed E-state index contributed by atoms with van der Waals surface area (Å²) in [5, 5.41) is 2.76. The second-order valence-electron chi connectivity index (χ2n) is 7.34. The van der Waals surface area contributed by atoms with Gasteiger partial charge in [0.05, 0.1) is 6.61 Å². The Morgan fingerprint density at radius 3 is 2.59 bits per heavy atom. The number of pyridine rings is 1. The van der Waals surface area contributed by atoms with Crippen molar-refractivity contribution in [3.05, 3.63) is 17.7 Å². The minimum atomic E-state index is -0.493. The zero-order valence-corrected chi connectivity index (χ0v) is 13.5. The van der Waals surface area contributed by atoms with Crippen LogP contribution in [0.5, 0.6) is 11.8 Å². The van der Waals surface area contributed by atoms with Gasteiger partial charge < -0.3 is 14.8 Å². The molecule has 22 heavy (non-hydrogen) atoms. The molecule has 0 aliphatic heterocycles. The van der Waals surface area contributed by atoms with Crippen LogP contribution in [0, 0.1) is 5.92 Å².